The van der Waals surface area contributed by atoms with Gasteiger partial charge in [0.2, 0.25) is 5.91 Å². The molecule has 1 amide bonds. The molecule has 0 unspecified atom stereocenters. The molecule has 5 nitrogen and oxygen atoms in total. The minimum absolute atomic E-state index is 0.0381. The Morgan fingerprint density at radius 1 is 1.39 bits per heavy atom. The monoisotopic (exact) mass is 246 g/mol. The number of nitrogens with one attached hydrogen (secondary N) is 2. The molecule has 2 aromatic rings. The molecule has 1 aromatic heterocycles. The molecular formula is C13H18N4O. The number of fused-ring (bicyclic) bond motifs is 1. The summed E-state index contributed by atoms with van der Waals surface area (Å²) >= 11 is 0. The Hall–Kier alpha value is -1.88. The smallest absolute Gasteiger partial charge is 0.234 e. The normalized spacial score (nSPS) is 11.1. The molecule has 0 saturated heterocycles. The summed E-state index contributed by atoms with van der Waals surface area (Å²) < 4.78 is 0. The van der Waals surface area contributed by atoms with Crippen molar-refractivity contribution >= 4 is 16.9 Å². The minimum atomic E-state index is 0.0381. The summed E-state index contributed by atoms with van der Waals surface area (Å²) in [5.74, 6) is 0.942. The van der Waals surface area contributed by atoms with Crippen molar-refractivity contribution in [1.29, 1.82) is 0 Å². The highest BCUT2D eigenvalue weighted by Crippen LogP contribution is 2.10. The number of H-pyrrole nitrogens is 1. The summed E-state index contributed by atoms with van der Waals surface area (Å²) in [6.45, 7) is 1.02. The van der Waals surface area contributed by atoms with Crippen molar-refractivity contribution in [2.24, 2.45) is 0 Å². The van der Waals surface area contributed by atoms with Crippen LogP contribution >= 0.6 is 0 Å². The van der Waals surface area contributed by atoms with Crippen LogP contribution in [0.3, 0.4) is 0 Å². The lowest BCUT2D eigenvalue weighted by molar-refractivity contribution is -0.121. The summed E-state index contributed by atoms with van der Waals surface area (Å²) in [6.07, 6.45) is 0.716. The van der Waals surface area contributed by atoms with Crippen molar-refractivity contribution in [1.82, 2.24) is 20.2 Å². The highest BCUT2D eigenvalue weighted by molar-refractivity contribution is 5.78. The van der Waals surface area contributed by atoms with Gasteiger partial charge in [0.05, 0.1) is 17.6 Å². The molecular weight excluding hydrogens is 228 g/mol. The van der Waals surface area contributed by atoms with Crippen molar-refractivity contribution in [3.05, 3.63) is 30.1 Å². The molecule has 0 radical (unpaired) electrons. The van der Waals surface area contributed by atoms with Crippen LogP contribution in [0.5, 0.6) is 0 Å². The molecule has 0 spiro atoms. The van der Waals surface area contributed by atoms with Gasteiger partial charge in [0.25, 0.3) is 0 Å². The highest BCUT2D eigenvalue weighted by atomic mass is 16.1. The zero-order chi connectivity index (χ0) is 13.0. The average Bonchev–Trinajstić information content (AvgIpc) is 2.70. The van der Waals surface area contributed by atoms with E-state index in [-0.39, 0.29) is 5.91 Å². The summed E-state index contributed by atoms with van der Waals surface area (Å²) in [6, 6.07) is 7.91. The van der Waals surface area contributed by atoms with Gasteiger partial charge in [-0.05, 0) is 26.2 Å². The predicted octanol–water partition coefficient (Wildman–Crippen LogP) is 0.783. The fourth-order valence-corrected chi connectivity index (χ4v) is 1.79. The lowest BCUT2D eigenvalue weighted by Crippen LogP contribution is -2.34. The summed E-state index contributed by atoms with van der Waals surface area (Å²) in [5, 5.41) is 2.87. The molecule has 1 aromatic carbocycles. The van der Waals surface area contributed by atoms with E-state index in [1.54, 1.807) is 0 Å². The van der Waals surface area contributed by atoms with Gasteiger partial charge in [-0.1, -0.05) is 12.1 Å². The number of rotatable bonds is 5. The van der Waals surface area contributed by atoms with Crippen LogP contribution in [0, 0.1) is 0 Å². The van der Waals surface area contributed by atoms with Crippen LogP contribution in [0.25, 0.3) is 11.0 Å². The third-order valence-electron chi connectivity index (χ3n) is 2.58. The number of carbonyl (C=O) groups excluding carboxylic acids is 1. The topological polar surface area (TPSA) is 61.0 Å². The number of para-hydroxylation sites is 2. The number of likely N-dealkylation sites (N-methyl/N-ethyl adjacent to an activating group) is 1. The quantitative estimate of drug-likeness (QED) is 0.819. The second-order valence-electron chi connectivity index (χ2n) is 4.54. The van der Waals surface area contributed by atoms with Gasteiger partial charge in [-0.15, -0.1) is 0 Å². The molecule has 2 N–H and O–H groups in total. The minimum Gasteiger partial charge on any atom is -0.355 e. The second-order valence-corrected chi connectivity index (χ2v) is 4.54. The number of carbonyl (C=O) groups is 1. The van der Waals surface area contributed by atoms with Gasteiger partial charge in [0, 0.05) is 13.0 Å². The Labute approximate surface area is 106 Å². The van der Waals surface area contributed by atoms with Crippen molar-refractivity contribution in [3.63, 3.8) is 0 Å². The molecule has 5 heteroatoms. The number of hydrogen-bond donors (Lipinski definition) is 2. The van der Waals surface area contributed by atoms with Gasteiger partial charge in [0.15, 0.2) is 0 Å². The number of aromatic nitrogens is 2. The zero-order valence-electron chi connectivity index (χ0n) is 10.7. The number of hydrogen-bond acceptors (Lipinski definition) is 3. The van der Waals surface area contributed by atoms with Crippen molar-refractivity contribution in [3.8, 4) is 0 Å². The van der Waals surface area contributed by atoms with Gasteiger partial charge in [-0.3, -0.25) is 4.79 Å². The number of aromatic amines is 1. The fraction of sp³-hybridized carbons (Fsp3) is 0.385. The average molecular weight is 246 g/mol. The largest absolute Gasteiger partial charge is 0.355 e. The van der Waals surface area contributed by atoms with Crippen LogP contribution < -0.4 is 5.32 Å². The number of amides is 1. The van der Waals surface area contributed by atoms with Crippen LogP contribution in [-0.2, 0) is 11.2 Å². The van der Waals surface area contributed by atoms with E-state index in [1.807, 2.05) is 43.3 Å². The van der Waals surface area contributed by atoms with Crippen LogP contribution in [0.4, 0.5) is 0 Å². The summed E-state index contributed by atoms with van der Waals surface area (Å²) in [7, 11) is 3.75. The van der Waals surface area contributed by atoms with Crippen molar-refractivity contribution in [2.75, 3.05) is 27.2 Å². The van der Waals surface area contributed by atoms with Gasteiger partial charge in [-0.25, -0.2) is 4.98 Å². The fourth-order valence-electron chi connectivity index (χ4n) is 1.79. The number of benzene rings is 1. The Bertz CT molecular complexity index is 500. The molecule has 0 aliphatic rings. The van der Waals surface area contributed by atoms with E-state index in [9.17, 15) is 4.79 Å². The van der Waals surface area contributed by atoms with Gasteiger partial charge >= 0.3 is 0 Å². The molecule has 1 heterocycles. The Morgan fingerprint density at radius 3 is 2.89 bits per heavy atom. The van der Waals surface area contributed by atoms with Crippen LogP contribution in [0.2, 0.25) is 0 Å². The second kappa shape index (κ2) is 5.64. The first-order valence-corrected chi connectivity index (χ1v) is 6.00. The molecule has 18 heavy (non-hydrogen) atoms. The number of imidazole rings is 1. The lowest BCUT2D eigenvalue weighted by atomic mass is 10.3. The summed E-state index contributed by atoms with van der Waals surface area (Å²) in [4.78, 5) is 21.0. The van der Waals surface area contributed by atoms with E-state index in [4.69, 9.17) is 0 Å². The Balaban J connectivity index is 1.85. The maximum absolute atomic E-state index is 11.4. The summed E-state index contributed by atoms with van der Waals surface area (Å²) in [5.41, 5.74) is 2.00. The first-order valence-electron chi connectivity index (χ1n) is 6.00. The number of nitrogens with zero attached hydrogens (tertiary/aromatic N) is 2. The molecule has 2 rings (SSSR count). The maximum atomic E-state index is 11.4. The molecule has 96 valence electrons. The van der Waals surface area contributed by atoms with E-state index < -0.39 is 0 Å². The Morgan fingerprint density at radius 2 is 2.17 bits per heavy atom. The van der Waals surface area contributed by atoms with E-state index in [0.717, 1.165) is 16.9 Å². The van der Waals surface area contributed by atoms with E-state index >= 15 is 0 Å². The third kappa shape index (κ3) is 3.30. The van der Waals surface area contributed by atoms with Gasteiger partial charge < -0.3 is 15.2 Å². The standard InChI is InChI=1S/C13H18N4O/c1-17(2)9-13(18)14-8-7-12-15-10-5-3-4-6-11(10)16-12/h3-6H,7-9H2,1-2H3,(H,14,18)(H,15,16). The van der Waals surface area contributed by atoms with E-state index in [1.165, 1.54) is 0 Å². The lowest BCUT2D eigenvalue weighted by Gasteiger charge is -2.09. The molecule has 0 fully saturated rings. The van der Waals surface area contributed by atoms with Gasteiger partial charge in [0.1, 0.15) is 5.82 Å². The molecule has 0 aliphatic carbocycles. The van der Waals surface area contributed by atoms with Crippen LogP contribution in [0.15, 0.2) is 24.3 Å². The molecule has 0 bridgehead atoms. The third-order valence-corrected chi connectivity index (χ3v) is 2.58. The SMILES string of the molecule is CN(C)CC(=O)NCCc1nc2ccccc2[nH]1. The molecule has 0 atom stereocenters. The van der Waals surface area contributed by atoms with Crippen molar-refractivity contribution < 1.29 is 4.79 Å². The predicted molar refractivity (Wildman–Crippen MR) is 71.4 cm³/mol. The molecule has 0 aliphatic heterocycles. The zero-order valence-corrected chi connectivity index (χ0v) is 10.7. The highest BCUT2D eigenvalue weighted by Gasteiger charge is 2.04. The van der Waals surface area contributed by atoms with Crippen LogP contribution in [0.1, 0.15) is 5.82 Å². The maximum Gasteiger partial charge on any atom is 0.234 e. The molecule has 0 saturated carbocycles. The van der Waals surface area contributed by atoms with Crippen molar-refractivity contribution in [2.45, 2.75) is 6.42 Å². The van der Waals surface area contributed by atoms with Gasteiger partial charge in [-0.2, -0.15) is 0 Å². The van der Waals surface area contributed by atoms with E-state index in [2.05, 4.69) is 15.3 Å². The van der Waals surface area contributed by atoms with Crippen LogP contribution in [-0.4, -0.2) is 48.0 Å². The first kappa shape index (κ1) is 12.6. The first-order chi connectivity index (χ1) is 8.65. The van der Waals surface area contributed by atoms with E-state index in [0.29, 0.717) is 19.5 Å². The Kier molecular flexibility index (Phi) is 3.94.